The molecule has 3 heterocycles. The van der Waals surface area contributed by atoms with Gasteiger partial charge in [-0.3, -0.25) is 14.5 Å². The fraction of sp³-hybridized carbons (Fsp3) is 0.545. The molecule has 3 saturated heterocycles. The second-order valence-electron chi connectivity index (χ2n) is 8.41. The SMILES string of the molecule is CCOC(=O)N1CCC2(CC1)NC(=O)N(C1CCN(C(=O)c3cccc(F)c3)CC1)C2=O. The highest BCUT2D eigenvalue weighted by molar-refractivity contribution is 6.07. The fourth-order valence-corrected chi connectivity index (χ4v) is 4.73. The van der Waals surface area contributed by atoms with Crippen molar-refractivity contribution in [2.75, 3.05) is 32.8 Å². The summed E-state index contributed by atoms with van der Waals surface area (Å²) in [7, 11) is 0. The van der Waals surface area contributed by atoms with Crippen LogP contribution in [0.4, 0.5) is 14.0 Å². The molecule has 5 amide bonds. The first kappa shape index (κ1) is 22.0. The number of hydrogen-bond donors (Lipinski definition) is 1. The largest absolute Gasteiger partial charge is 0.450 e. The number of carbonyl (C=O) groups is 4. The molecule has 0 unspecified atom stereocenters. The van der Waals surface area contributed by atoms with E-state index in [2.05, 4.69) is 5.32 Å². The number of amides is 5. The summed E-state index contributed by atoms with van der Waals surface area (Å²) in [6.45, 7) is 3.43. The van der Waals surface area contributed by atoms with E-state index in [0.717, 1.165) is 0 Å². The number of rotatable bonds is 3. The maximum Gasteiger partial charge on any atom is 0.409 e. The highest BCUT2D eigenvalue weighted by atomic mass is 19.1. The molecule has 0 radical (unpaired) electrons. The van der Waals surface area contributed by atoms with Gasteiger partial charge in [0, 0.05) is 37.8 Å². The van der Waals surface area contributed by atoms with E-state index >= 15 is 0 Å². The van der Waals surface area contributed by atoms with Gasteiger partial charge >= 0.3 is 12.1 Å². The van der Waals surface area contributed by atoms with Crippen LogP contribution < -0.4 is 5.32 Å². The molecule has 0 saturated carbocycles. The number of likely N-dealkylation sites (tertiary alicyclic amines) is 2. The first-order chi connectivity index (χ1) is 15.3. The van der Waals surface area contributed by atoms with Crippen LogP contribution in [0.15, 0.2) is 24.3 Å². The lowest BCUT2D eigenvalue weighted by molar-refractivity contribution is -0.135. The Hall–Kier alpha value is -3.17. The van der Waals surface area contributed by atoms with E-state index in [9.17, 15) is 23.6 Å². The summed E-state index contributed by atoms with van der Waals surface area (Å²) in [5.74, 6) is -0.992. The minimum atomic E-state index is -0.991. The molecular formula is C22H27FN4O5. The zero-order valence-corrected chi connectivity index (χ0v) is 18.0. The van der Waals surface area contributed by atoms with Crippen molar-refractivity contribution in [1.82, 2.24) is 20.0 Å². The second-order valence-corrected chi connectivity index (χ2v) is 8.41. The standard InChI is InChI=1S/C22H27FN4O5/c1-2-32-21(31)26-12-8-22(9-13-26)19(29)27(20(30)24-22)17-6-10-25(11-7-17)18(28)15-4-3-5-16(23)14-15/h3-5,14,17H,2,6-13H2,1H3,(H,24,30). The summed E-state index contributed by atoms with van der Waals surface area (Å²) >= 11 is 0. The molecule has 3 fully saturated rings. The molecule has 0 aliphatic carbocycles. The zero-order valence-electron chi connectivity index (χ0n) is 18.0. The predicted molar refractivity (Wildman–Crippen MR) is 111 cm³/mol. The van der Waals surface area contributed by atoms with Gasteiger partial charge in [-0.15, -0.1) is 0 Å². The van der Waals surface area contributed by atoms with Crippen LogP contribution in [0.2, 0.25) is 0 Å². The van der Waals surface area contributed by atoms with Crippen LogP contribution in [0.25, 0.3) is 0 Å². The van der Waals surface area contributed by atoms with E-state index < -0.39 is 23.5 Å². The third-order valence-corrected chi connectivity index (χ3v) is 6.52. The summed E-state index contributed by atoms with van der Waals surface area (Å²) in [5, 5.41) is 2.86. The Bertz CT molecular complexity index is 923. The normalized spacial score (nSPS) is 21.1. The number of imide groups is 1. The van der Waals surface area contributed by atoms with E-state index in [0.29, 0.717) is 51.9 Å². The van der Waals surface area contributed by atoms with Gasteiger partial charge in [0.25, 0.3) is 11.8 Å². The summed E-state index contributed by atoms with van der Waals surface area (Å²) < 4.78 is 18.5. The molecule has 32 heavy (non-hydrogen) atoms. The van der Waals surface area contributed by atoms with Crippen LogP contribution in [-0.4, -0.2) is 83.0 Å². The van der Waals surface area contributed by atoms with Crippen molar-refractivity contribution in [1.29, 1.82) is 0 Å². The molecule has 3 aliphatic heterocycles. The Kier molecular flexibility index (Phi) is 6.03. The fourth-order valence-electron chi connectivity index (χ4n) is 4.73. The molecule has 0 atom stereocenters. The quantitative estimate of drug-likeness (QED) is 0.716. The summed E-state index contributed by atoms with van der Waals surface area (Å²) in [6, 6.07) is 4.83. The molecule has 172 valence electrons. The molecular weight excluding hydrogens is 419 g/mol. The van der Waals surface area contributed by atoms with Crippen LogP contribution in [0, 0.1) is 5.82 Å². The van der Waals surface area contributed by atoms with Gasteiger partial charge < -0.3 is 19.9 Å². The third-order valence-electron chi connectivity index (χ3n) is 6.52. The Labute approximate surface area is 185 Å². The highest BCUT2D eigenvalue weighted by Crippen LogP contribution is 2.33. The number of halogens is 1. The monoisotopic (exact) mass is 446 g/mol. The van der Waals surface area contributed by atoms with Crippen molar-refractivity contribution in [3.63, 3.8) is 0 Å². The van der Waals surface area contributed by atoms with Gasteiger partial charge in [-0.05, 0) is 50.8 Å². The summed E-state index contributed by atoms with van der Waals surface area (Å²) in [6.07, 6.45) is 1.19. The van der Waals surface area contributed by atoms with Crippen LogP contribution in [0.1, 0.15) is 43.0 Å². The molecule has 4 rings (SSSR count). The molecule has 0 bridgehead atoms. The second kappa shape index (κ2) is 8.76. The van der Waals surface area contributed by atoms with Crippen LogP contribution in [0.5, 0.6) is 0 Å². The number of carbonyl (C=O) groups excluding carboxylic acids is 4. The van der Waals surface area contributed by atoms with Crippen LogP contribution in [-0.2, 0) is 9.53 Å². The third kappa shape index (κ3) is 4.01. The van der Waals surface area contributed by atoms with E-state index in [1.807, 2.05) is 0 Å². The number of nitrogens with zero attached hydrogens (tertiary/aromatic N) is 3. The first-order valence-corrected chi connectivity index (χ1v) is 11.0. The van der Waals surface area contributed by atoms with Crippen molar-refractivity contribution in [2.24, 2.45) is 0 Å². The Morgan fingerprint density at radius 1 is 1.12 bits per heavy atom. The maximum absolute atomic E-state index is 13.4. The van der Waals surface area contributed by atoms with E-state index in [4.69, 9.17) is 4.74 Å². The van der Waals surface area contributed by atoms with Gasteiger partial charge in [-0.2, -0.15) is 0 Å². The average Bonchev–Trinajstić information content (AvgIpc) is 3.03. The van der Waals surface area contributed by atoms with Crippen molar-refractivity contribution in [3.05, 3.63) is 35.6 Å². The molecule has 1 aromatic carbocycles. The van der Waals surface area contributed by atoms with E-state index in [1.54, 1.807) is 22.8 Å². The van der Waals surface area contributed by atoms with Gasteiger partial charge in [0.05, 0.1) is 6.61 Å². The van der Waals surface area contributed by atoms with Gasteiger partial charge in [-0.25, -0.2) is 14.0 Å². The lowest BCUT2D eigenvalue weighted by Crippen LogP contribution is -2.56. The molecule has 9 nitrogen and oxygen atoms in total. The first-order valence-electron chi connectivity index (χ1n) is 11.0. The minimum Gasteiger partial charge on any atom is -0.450 e. The smallest absolute Gasteiger partial charge is 0.409 e. The summed E-state index contributed by atoms with van der Waals surface area (Å²) in [4.78, 5) is 55.0. The summed E-state index contributed by atoms with van der Waals surface area (Å²) in [5.41, 5.74) is -0.708. The molecule has 0 aromatic heterocycles. The van der Waals surface area contributed by atoms with Crippen molar-refractivity contribution >= 4 is 23.9 Å². The Morgan fingerprint density at radius 2 is 1.81 bits per heavy atom. The van der Waals surface area contributed by atoms with E-state index in [-0.39, 0.29) is 30.0 Å². The predicted octanol–water partition coefficient (Wildman–Crippen LogP) is 1.97. The molecule has 3 aliphatic rings. The molecule has 1 aromatic rings. The number of hydrogen-bond acceptors (Lipinski definition) is 5. The number of urea groups is 1. The average molecular weight is 446 g/mol. The zero-order chi connectivity index (χ0) is 22.9. The Morgan fingerprint density at radius 3 is 2.44 bits per heavy atom. The van der Waals surface area contributed by atoms with Gasteiger partial charge in [0.1, 0.15) is 11.4 Å². The molecule has 1 spiro atoms. The van der Waals surface area contributed by atoms with E-state index in [1.165, 1.54) is 23.1 Å². The maximum atomic E-state index is 13.4. The van der Waals surface area contributed by atoms with Gasteiger partial charge in [-0.1, -0.05) is 6.07 Å². The number of piperidine rings is 2. The van der Waals surface area contributed by atoms with Gasteiger partial charge in [0.2, 0.25) is 0 Å². The van der Waals surface area contributed by atoms with Crippen molar-refractivity contribution in [3.8, 4) is 0 Å². The van der Waals surface area contributed by atoms with Crippen LogP contribution >= 0.6 is 0 Å². The lowest BCUT2D eigenvalue weighted by atomic mass is 9.87. The van der Waals surface area contributed by atoms with Gasteiger partial charge in [0.15, 0.2) is 0 Å². The molecule has 1 N–H and O–H groups in total. The Balaban J connectivity index is 1.36. The number of benzene rings is 1. The topological polar surface area (TPSA) is 99.3 Å². The van der Waals surface area contributed by atoms with Crippen molar-refractivity contribution in [2.45, 2.75) is 44.2 Å². The lowest BCUT2D eigenvalue weighted by Gasteiger charge is -2.38. The minimum absolute atomic E-state index is 0.261. The van der Waals surface area contributed by atoms with Crippen molar-refractivity contribution < 1.29 is 28.3 Å². The van der Waals surface area contributed by atoms with Crippen LogP contribution in [0.3, 0.4) is 0 Å². The number of nitrogens with one attached hydrogen (secondary N) is 1. The highest BCUT2D eigenvalue weighted by Gasteiger charge is 2.54. The number of ether oxygens (including phenoxy) is 1. The molecule has 10 heteroatoms.